The third-order valence-corrected chi connectivity index (χ3v) is 3.50. The molecule has 2 aromatic carbocycles. The van der Waals surface area contributed by atoms with Crippen molar-refractivity contribution in [1.82, 2.24) is 0 Å². The molecule has 4 N–H and O–H groups in total. The van der Waals surface area contributed by atoms with Crippen molar-refractivity contribution in [2.45, 2.75) is 6.42 Å². The Morgan fingerprint density at radius 1 is 0.895 bits per heavy atom. The molecule has 1 aliphatic rings. The number of fused-ring (bicyclic) bond motifs is 3. The van der Waals surface area contributed by atoms with E-state index in [-0.39, 0.29) is 11.1 Å². The lowest BCUT2D eigenvalue weighted by Gasteiger charge is -2.09. The zero-order valence-corrected chi connectivity index (χ0v) is 10.1. The molecule has 0 unspecified atom stereocenters. The number of amides is 2. The van der Waals surface area contributed by atoms with Gasteiger partial charge < -0.3 is 11.5 Å². The molecule has 94 valence electrons. The molecule has 0 fully saturated rings. The molecule has 2 amide bonds. The summed E-state index contributed by atoms with van der Waals surface area (Å²) in [6.45, 7) is 0. The van der Waals surface area contributed by atoms with E-state index >= 15 is 0 Å². The van der Waals surface area contributed by atoms with E-state index in [1.165, 1.54) is 0 Å². The van der Waals surface area contributed by atoms with Crippen LogP contribution in [0.4, 0.5) is 0 Å². The Bertz CT molecular complexity index is 720. The number of carbonyl (C=O) groups is 2. The normalized spacial score (nSPS) is 11.8. The lowest BCUT2D eigenvalue weighted by atomic mass is 9.95. The first-order valence-corrected chi connectivity index (χ1v) is 5.93. The van der Waals surface area contributed by atoms with Crippen LogP contribution >= 0.6 is 0 Å². The second kappa shape index (κ2) is 3.95. The van der Waals surface area contributed by atoms with E-state index < -0.39 is 11.8 Å². The fourth-order valence-electron chi connectivity index (χ4n) is 2.70. The van der Waals surface area contributed by atoms with E-state index in [0.717, 1.165) is 22.3 Å². The zero-order chi connectivity index (χ0) is 13.6. The average molecular weight is 252 g/mol. The summed E-state index contributed by atoms with van der Waals surface area (Å²) in [4.78, 5) is 23.1. The minimum absolute atomic E-state index is 0.194. The van der Waals surface area contributed by atoms with Crippen molar-refractivity contribution in [3.8, 4) is 11.1 Å². The van der Waals surface area contributed by atoms with Crippen molar-refractivity contribution in [3.63, 3.8) is 0 Å². The first-order valence-electron chi connectivity index (χ1n) is 5.93. The largest absolute Gasteiger partial charge is 0.366 e. The van der Waals surface area contributed by atoms with Crippen LogP contribution in [0.1, 0.15) is 31.8 Å². The molecule has 0 aromatic heterocycles. The Labute approximate surface area is 110 Å². The highest BCUT2D eigenvalue weighted by Gasteiger charge is 2.26. The monoisotopic (exact) mass is 252 g/mol. The van der Waals surface area contributed by atoms with Crippen molar-refractivity contribution in [1.29, 1.82) is 0 Å². The van der Waals surface area contributed by atoms with Gasteiger partial charge in [-0.25, -0.2) is 0 Å². The summed E-state index contributed by atoms with van der Waals surface area (Å²) in [7, 11) is 0. The second-order valence-corrected chi connectivity index (χ2v) is 4.58. The Hall–Kier alpha value is -2.62. The predicted octanol–water partition coefficient (Wildman–Crippen LogP) is 1.46. The Morgan fingerprint density at radius 3 is 2.32 bits per heavy atom. The lowest BCUT2D eigenvalue weighted by molar-refractivity contribution is 0.0966. The van der Waals surface area contributed by atoms with Gasteiger partial charge >= 0.3 is 0 Å². The van der Waals surface area contributed by atoms with Crippen molar-refractivity contribution >= 4 is 11.8 Å². The molecular formula is C15H12N2O2. The van der Waals surface area contributed by atoms with Gasteiger partial charge in [0.2, 0.25) is 11.8 Å². The van der Waals surface area contributed by atoms with Crippen LogP contribution < -0.4 is 11.5 Å². The van der Waals surface area contributed by atoms with Crippen molar-refractivity contribution in [3.05, 3.63) is 58.7 Å². The summed E-state index contributed by atoms with van der Waals surface area (Å²) >= 11 is 0. The maximum Gasteiger partial charge on any atom is 0.249 e. The summed E-state index contributed by atoms with van der Waals surface area (Å²) in [6.07, 6.45) is 0.602. The van der Waals surface area contributed by atoms with Crippen molar-refractivity contribution < 1.29 is 9.59 Å². The highest BCUT2D eigenvalue weighted by Crippen LogP contribution is 2.39. The Morgan fingerprint density at radius 2 is 1.63 bits per heavy atom. The highest BCUT2D eigenvalue weighted by molar-refractivity contribution is 6.09. The molecule has 0 aliphatic heterocycles. The molecule has 4 heteroatoms. The molecular weight excluding hydrogens is 240 g/mol. The molecule has 1 aliphatic carbocycles. The SMILES string of the molecule is NC(=O)c1ccc2c(c1C(N)=O)Cc1ccccc1-2. The molecule has 2 aromatic rings. The number of carbonyl (C=O) groups excluding carboxylic acids is 2. The van der Waals surface area contributed by atoms with Crippen LogP contribution in [0, 0.1) is 0 Å². The van der Waals surface area contributed by atoms with Crippen LogP contribution in [0.3, 0.4) is 0 Å². The maximum atomic E-state index is 11.7. The number of rotatable bonds is 2. The van der Waals surface area contributed by atoms with Gasteiger partial charge in [0.05, 0.1) is 11.1 Å². The van der Waals surface area contributed by atoms with E-state index in [0.29, 0.717) is 6.42 Å². The summed E-state index contributed by atoms with van der Waals surface area (Å²) in [6, 6.07) is 11.3. The molecule has 0 radical (unpaired) electrons. The quantitative estimate of drug-likeness (QED) is 0.723. The number of nitrogens with two attached hydrogens (primary N) is 2. The number of hydrogen-bond acceptors (Lipinski definition) is 2. The van der Waals surface area contributed by atoms with E-state index in [2.05, 4.69) is 0 Å². The topological polar surface area (TPSA) is 86.2 Å². The minimum atomic E-state index is -0.632. The van der Waals surface area contributed by atoms with Gasteiger partial charge in [0.1, 0.15) is 0 Å². The van der Waals surface area contributed by atoms with Crippen LogP contribution in [-0.2, 0) is 6.42 Å². The summed E-state index contributed by atoms with van der Waals surface area (Å²) in [5, 5.41) is 0. The number of primary amides is 2. The molecule has 19 heavy (non-hydrogen) atoms. The molecule has 0 bridgehead atoms. The predicted molar refractivity (Wildman–Crippen MR) is 71.7 cm³/mol. The second-order valence-electron chi connectivity index (χ2n) is 4.58. The summed E-state index contributed by atoms with van der Waals surface area (Å²) in [5.41, 5.74) is 15.1. The van der Waals surface area contributed by atoms with Gasteiger partial charge in [-0.15, -0.1) is 0 Å². The van der Waals surface area contributed by atoms with E-state index in [1.54, 1.807) is 6.07 Å². The van der Waals surface area contributed by atoms with Crippen LogP contribution in [-0.4, -0.2) is 11.8 Å². The number of benzene rings is 2. The first kappa shape index (κ1) is 11.5. The first-order chi connectivity index (χ1) is 9.09. The highest BCUT2D eigenvalue weighted by atomic mass is 16.2. The summed E-state index contributed by atoms with van der Waals surface area (Å²) in [5.74, 6) is -1.24. The van der Waals surface area contributed by atoms with Crippen LogP contribution in [0.15, 0.2) is 36.4 Å². The van der Waals surface area contributed by atoms with E-state index in [1.807, 2.05) is 30.3 Å². The van der Waals surface area contributed by atoms with Gasteiger partial charge in [0.15, 0.2) is 0 Å². The molecule has 4 nitrogen and oxygen atoms in total. The molecule has 0 spiro atoms. The van der Waals surface area contributed by atoms with Gasteiger partial charge in [-0.1, -0.05) is 30.3 Å². The Balaban J connectivity index is 2.31. The van der Waals surface area contributed by atoms with Crippen LogP contribution in [0.5, 0.6) is 0 Å². The van der Waals surface area contributed by atoms with E-state index in [4.69, 9.17) is 11.5 Å². The molecule has 0 saturated heterocycles. The average Bonchev–Trinajstić information content (AvgIpc) is 2.75. The standard InChI is InChI=1S/C15H12N2O2/c16-14(18)11-6-5-10-9-4-2-1-3-8(9)7-12(10)13(11)15(17)19/h1-6H,7H2,(H2,16,18)(H2,17,19). The van der Waals surface area contributed by atoms with Gasteiger partial charge in [-0.3, -0.25) is 9.59 Å². The van der Waals surface area contributed by atoms with Gasteiger partial charge in [-0.2, -0.15) is 0 Å². The fraction of sp³-hybridized carbons (Fsp3) is 0.0667. The molecule has 0 saturated carbocycles. The minimum Gasteiger partial charge on any atom is -0.366 e. The smallest absolute Gasteiger partial charge is 0.249 e. The molecule has 3 rings (SSSR count). The molecule has 0 atom stereocenters. The van der Waals surface area contributed by atoms with Gasteiger partial charge in [0.25, 0.3) is 0 Å². The lowest BCUT2D eigenvalue weighted by Crippen LogP contribution is -2.22. The van der Waals surface area contributed by atoms with Crippen LogP contribution in [0.25, 0.3) is 11.1 Å². The molecule has 0 heterocycles. The Kier molecular flexibility index (Phi) is 2.38. The van der Waals surface area contributed by atoms with Gasteiger partial charge in [-0.05, 0) is 34.7 Å². The van der Waals surface area contributed by atoms with Crippen LogP contribution in [0.2, 0.25) is 0 Å². The fourth-order valence-corrected chi connectivity index (χ4v) is 2.70. The van der Waals surface area contributed by atoms with Crippen molar-refractivity contribution in [2.75, 3.05) is 0 Å². The summed E-state index contributed by atoms with van der Waals surface area (Å²) < 4.78 is 0. The third kappa shape index (κ3) is 1.61. The third-order valence-electron chi connectivity index (χ3n) is 3.50. The van der Waals surface area contributed by atoms with E-state index in [9.17, 15) is 9.59 Å². The van der Waals surface area contributed by atoms with Gasteiger partial charge in [0, 0.05) is 0 Å². The van der Waals surface area contributed by atoms with Crippen molar-refractivity contribution in [2.24, 2.45) is 11.5 Å². The number of hydrogen-bond donors (Lipinski definition) is 2. The zero-order valence-electron chi connectivity index (χ0n) is 10.1. The maximum absolute atomic E-state index is 11.7.